The van der Waals surface area contributed by atoms with Crippen molar-refractivity contribution in [1.29, 1.82) is 0 Å². The normalized spacial score (nSPS) is 28.2. The number of nitrogens with two attached hydrogens (primary N) is 1. The molecule has 0 fully saturated rings. The van der Waals surface area contributed by atoms with Gasteiger partial charge in [-0.15, -0.1) is 0 Å². The van der Waals surface area contributed by atoms with Crippen molar-refractivity contribution in [2.75, 3.05) is 6.61 Å². The van der Waals surface area contributed by atoms with Gasteiger partial charge in [0.05, 0.1) is 18.8 Å². The molecule has 0 aromatic rings. The molecule has 6 heteroatoms. The highest BCUT2D eigenvalue weighted by molar-refractivity contribution is 5.89. The van der Waals surface area contributed by atoms with Gasteiger partial charge in [0.2, 0.25) is 5.91 Å². The minimum Gasteiger partial charge on any atom is -0.463 e. The van der Waals surface area contributed by atoms with E-state index >= 15 is 0 Å². The highest BCUT2D eigenvalue weighted by Gasteiger charge is 2.32. The van der Waals surface area contributed by atoms with Crippen molar-refractivity contribution in [3.05, 3.63) is 11.6 Å². The number of hydrogen-bond donors (Lipinski definition) is 3. The second-order valence-electron chi connectivity index (χ2n) is 4.00. The van der Waals surface area contributed by atoms with Gasteiger partial charge in [0.1, 0.15) is 0 Å². The van der Waals surface area contributed by atoms with Crippen LogP contribution in [0.5, 0.6) is 0 Å². The largest absolute Gasteiger partial charge is 0.463 e. The first kappa shape index (κ1) is 13.7. The summed E-state index contributed by atoms with van der Waals surface area (Å²) in [6.07, 6.45) is 0.699. The van der Waals surface area contributed by atoms with Gasteiger partial charge < -0.3 is 20.9 Å². The van der Waals surface area contributed by atoms with Gasteiger partial charge in [-0.2, -0.15) is 0 Å². The Kier molecular flexibility index (Phi) is 4.65. The molecule has 4 N–H and O–H groups in total. The number of aliphatic hydroxyl groups is 1. The topological polar surface area (TPSA) is 102 Å². The van der Waals surface area contributed by atoms with Gasteiger partial charge >= 0.3 is 5.97 Å². The molecule has 1 rings (SSSR count). The molecule has 0 aromatic carbocycles. The number of carbonyl (C=O) groups is 2. The monoisotopic (exact) mass is 242 g/mol. The maximum Gasteiger partial charge on any atom is 0.333 e. The average Bonchev–Trinajstić information content (AvgIpc) is 2.23. The standard InChI is InChI=1S/C11H18N2O4/c1-3-17-11(16)7-4-8(12)10(9(15)5-7)13-6(2)14/h5,8-10,15H,3-4,12H2,1-2H3,(H,13,14)/t8-,9?,10+/m0/s1. The molecule has 96 valence electrons. The summed E-state index contributed by atoms with van der Waals surface area (Å²) in [5.41, 5.74) is 6.17. The van der Waals surface area contributed by atoms with E-state index in [9.17, 15) is 14.7 Å². The van der Waals surface area contributed by atoms with E-state index in [1.54, 1.807) is 6.92 Å². The minimum absolute atomic E-state index is 0.266. The van der Waals surface area contributed by atoms with Crippen LogP contribution in [-0.2, 0) is 14.3 Å². The lowest BCUT2D eigenvalue weighted by Crippen LogP contribution is -2.55. The average molecular weight is 242 g/mol. The zero-order valence-corrected chi connectivity index (χ0v) is 9.97. The molecule has 0 aliphatic heterocycles. The SMILES string of the molecule is CCOC(=O)C1=CC(O)[C@H](NC(C)=O)[C@@H](N)C1. The van der Waals surface area contributed by atoms with Crippen LogP contribution >= 0.6 is 0 Å². The summed E-state index contributed by atoms with van der Waals surface area (Å²) in [5.74, 6) is -0.735. The van der Waals surface area contributed by atoms with E-state index in [0.29, 0.717) is 5.57 Å². The van der Waals surface area contributed by atoms with E-state index in [2.05, 4.69) is 5.32 Å². The molecule has 0 saturated carbocycles. The van der Waals surface area contributed by atoms with Crippen LogP contribution in [0.15, 0.2) is 11.6 Å². The molecule has 0 saturated heterocycles. The second-order valence-corrected chi connectivity index (χ2v) is 4.00. The number of carbonyl (C=O) groups excluding carboxylic acids is 2. The fraction of sp³-hybridized carbons (Fsp3) is 0.636. The van der Waals surface area contributed by atoms with E-state index in [-0.39, 0.29) is 18.9 Å². The van der Waals surface area contributed by atoms with Crippen LogP contribution in [0.4, 0.5) is 0 Å². The van der Waals surface area contributed by atoms with Crippen LogP contribution in [0.3, 0.4) is 0 Å². The lowest BCUT2D eigenvalue weighted by molar-refractivity contribution is -0.139. The maximum atomic E-state index is 11.5. The predicted octanol–water partition coefficient (Wildman–Crippen LogP) is -0.927. The predicted molar refractivity (Wildman–Crippen MR) is 60.9 cm³/mol. The van der Waals surface area contributed by atoms with Gasteiger partial charge in [0, 0.05) is 18.5 Å². The van der Waals surface area contributed by atoms with Gasteiger partial charge in [-0.3, -0.25) is 4.79 Å². The third-order valence-electron chi connectivity index (χ3n) is 2.56. The number of esters is 1. The molecule has 1 aliphatic carbocycles. The number of rotatable bonds is 3. The molecular weight excluding hydrogens is 224 g/mol. The zero-order valence-electron chi connectivity index (χ0n) is 9.97. The Morgan fingerprint density at radius 3 is 2.76 bits per heavy atom. The molecule has 1 aliphatic rings. The van der Waals surface area contributed by atoms with Crippen molar-refractivity contribution in [2.45, 2.75) is 38.5 Å². The van der Waals surface area contributed by atoms with Crippen LogP contribution in [0.2, 0.25) is 0 Å². The summed E-state index contributed by atoms with van der Waals surface area (Å²) in [6, 6.07) is -1.07. The highest BCUT2D eigenvalue weighted by Crippen LogP contribution is 2.19. The number of aliphatic hydroxyl groups excluding tert-OH is 1. The minimum atomic E-state index is -0.970. The Morgan fingerprint density at radius 2 is 2.29 bits per heavy atom. The lowest BCUT2D eigenvalue weighted by atomic mass is 9.88. The van der Waals surface area contributed by atoms with Gasteiger partial charge in [-0.1, -0.05) is 0 Å². The van der Waals surface area contributed by atoms with E-state index < -0.39 is 24.2 Å². The van der Waals surface area contributed by atoms with Crippen molar-refractivity contribution >= 4 is 11.9 Å². The van der Waals surface area contributed by atoms with Gasteiger partial charge in [0.25, 0.3) is 0 Å². The van der Waals surface area contributed by atoms with Crippen molar-refractivity contribution in [2.24, 2.45) is 5.73 Å². The van der Waals surface area contributed by atoms with Gasteiger partial charge in [-0.25, -0.2) is 4.79 Å². The molecule has 1 amide bonds. The molecular formula is C11H18N2O4. The number of ether oxygens (including phenoxy) is 1. The van der Waals surface area contributed by atoms with E-state index in [1.807, 2.05) is 0 Å². The Morgan fingerprint density at radius 1 is 1.65 bits per heavy atom. The Balaban J connectivity index is 2.75. The Bertz CT molecular complexity index is 340. The third-order valence-corrected chi connectivity index (χ3v) is 2.56. The fourth-order valence-electron chi connectivity index (χ4n) is 1.81. The lowest BCUT2D eigenvalue weighted by Gasteiger charge is -2.32. The van der Waals surface area contributed by atoms with Gasteiger partial charge in [-0.05, 0) is 19.4 Å². The first-order valence-electron chi connectivity index (χ1n) is 5.54. The molecule has 6 nitrogen and oxygen atoms in total. The van der Waals surface area contributed by atoms with Crippen LogP contribution in [-0.4, -0.2) is 41.8 Å². The third kappa shape index (κ3) is 3.54. The van der Waals surface area contributed by atoms with E-state index in [0.717, 1.165) is 0 Å². The molecule has 0 aromatic heterocycles. The first-order valence-corrected chi connectivity index (χ1v) is 5.54. The molecule has 0 bridgehead atoms. The van der Waals surface area contributed by atoms with Crippen molar-refractivity contribution < 1.29 is 19.4 Å². The molecule has 17 heavy (non-hydrogen) atoms. The van der Waals surface area contributed by atoms with Crippen LogP contribution in [0.1, 0.15) is 20.3 Å². The smallest absolute Gasteiger partial charge is 0.333 e. The first-order chi connectivity index (χ1) is 7.95. The summed E-state index contributed by atoms with van der Waals surface area (Å²) < 4.78 is 4.83. The van der Waals surface area contributed by atoms with Crippen molar-refractivity contribution in [3.63, 3.8) is 0 Å². The maximum absolute atomic E-state index is 11.5. The summed E-state index contributed by atoms with van der Waals surface area (Å²) in [6.45, 7) is 3.33. The van der Waals surface area contributed by atoms with Crippen LogP contribution in [0, 0.1) is 0 Å². The molecule has 0 heterocycles. The molecule has 3 atom stereocenters. The fourth-order valence-corrected chi connectivity index (χ4v) is 1.81. The Hall–Kier alpha value is -1.40. The highest BCUT2D eigenvalue weighted by atomic mass is 16.5. The molecule has 0 spiro atoms. The quantitative estimate of drug-likeness (QED) is 0.555. The van der Waals surface area contributed by atoms with Crippen LogP contribution < -0.4 is 11.1 Å². The molecule has 1 unspecified atom stereocenters. The summed E-state index contributed by atoms with van der Waals surface area (Å²) >= 11 is 0. The number of nitrogens with one attached hydrogen (secondary N) is 1. The van der Waals surface area contributed by atoms with E-state index in [4.69, 9.17) is 10.5 Å². The summed E-state index contributed by atoms with van der Waals surface area (Å²) in [7, 11) is 0. The Labute approximate surface area is 99.8 Å². The van der Waals surface area contributed by atoms with Crippen LogP contribution in [0.25, 0.3) is 0 Å². The summed E-state index contributed by atoms with van der Waals surface area (Å²) in [4.78, 5) is 22.4. The number of hydrogen-bond acceptors (Lipinski definition) is 5. The zero-order chi connectivity index (χ0) is 13.0. The summed E-state index contributed by atoms with van der Waals surface area (Å²) in [5, 5.41) is 12.4. The van der Waals surface area contributed by atoms with Crippen molar-refractivity contribution in [3.8, 4) is 0 Å². The number of amides is 1. The van der Waals surface area contributed by atoms with Crippen molar-refractivity contribution in [1.82, 2.24) is 5.32 Å². The van der Waals surface area contributed by atoms with Gasteiger partial charge in [0.15, 0.2) is 0 Å². The second kappa shape index (κ2) is 5.79. The van der Waals surface area contributed by atoms with E-state index in [1.165, 1.54) is 13.0 Å². The molecule has 0 radical (unpaired) electrons.